The topological polar surface area (TPSA) is 63.7 Å². The Morgan fingerprint density at radius 3 is 2.70 bits per heavy atom. The van der Waals surface area contributed by atoms with E-state index in [0.29, 0.717) is 10.8 Å². The molecule has 3 aromatic rings. The number of methoxy groups -OCH3 is 1. The third-order valence-corrected chi connectivity index (χ3v) is 3.18. The Balaban J connectivity index is 2.09. The largest absolute Gasteiger partial charge is 0.496 e. The van der Waals surface area contributed by atoms with Gasteiger partial charge in [-0.3, -0.25) is 0 Å². The number of hydrogen-bond acceptors (Lipinski definition) is 4. The summed E-state index contributed by atoms with van der Waals surface area (Å²) in [5.74, 6) is 1.26. The number of hydrogen-bond donors (Lipinski definition) is 1. The molecule has 1 aromatic heterocycles. The average molecular weight is 287 g/mol. The molecule has 0 spiro atoms. The maximum atomic E-state index is 6.03. The fourth-order valence-corrected chi connectivity index (χ4v) is 2.20. The van der Waals surface area contributed by atoms with Crippen molar-refractivity contribution in [2.75, 3.05) is 7.11 Å². The van der Waals surface area contributed by atoms with Crippen LogP contribution in [0, 0.1) is 0 Å². The van der Waals surface area contributed by atoms with Crippen LogP contribution in [0.1, 0.15) is 0 Å². The van der Waals surface area contributed by atoms with E-state index in [0.717, 1.165) is 22.4 Å². The van der Waals surface area contributed by atoms with E-state index in [4.69, 9.17) is 16.3 Å². The van der Waals surface area contributed by atoms with E-state index in [9.17, 15) is 0 Å². The quantitative estimate of drug-likeness (QED) is 0.803. The van der Waals surface area contributed by atoms with Gasteiger partial charge in [-0.05, 0) is 35.0 Å². The van der Waals surface area contributed by atoms with E-state index in [-0.39, 0.29) is 0 Å². The van der Waals surface area contributed by atoms with Crippen LogP contribution in [0.15, 0.2) is 42.5 Å². The Morgan fingerprint density at radius 2 is 2.00 bits per heavy atom. The van der Waals surface area contributed by atoms with Crippen LogP contribution in [0.2, 0.25) is 5.02 Å². The first-order chi connectivity index (χ1) is 9.78. The molecule has 5 nitrogen and oxygen atoms in total. The number of H-pyrrole nitrogens is 1. The Hall–Kier alpha value is -2.40. The van der Waals surface area contributed by atoms with E-state index in [1.54, 1.807) is 7.11 Å². The summed E-state index contributed by atoms with van der Waals surface area (Å²) < 4.78 is 5.45. The molecule has 3 rings (SSSR count). The van der Waals surface area contributed by atoms with E-state index >= 15 is 0 Å². The summed E-state index contributed by atoms with van der Waals surface area (Å²) in [6, 6.07) is 13.4. The lowest BCUT2D eigenvalue weighted by Gasteiger charge is -2.10. The highest BCUT2D eigenvalue weighted by molar-refractivity contribution is 6.30. The number of aromatic amines is 1. The van der Waals surface area contributed by atoms with E-state index < -0.39 is 0 Å². The van der Waals surface area contributed by atoms with Crippen molar-refractivity contribution < 1.29 is 4.74 Å². The first kappa shape index (κ1) is 12.6. The molecule has 1 heterocycles. The summed E-state index contributed by atoms with van der Waals surface area (Å²) in [5, 5.41) is 14.6. The predicted octanol–water partition coefficient (Wildman–Crippen LogP) is 3.20. The fraction of sp³-hybridized carbons (Fsp3) is 0.0714. The minimum Gasteiger partial charge on any atom is -0.496 e. The summed E-state index contributed by atoms with van der Waals surface area (Å²) >= 11 is 6.03. The number of nitrogens with one attached hydrogen (secondary N) is 1. The Bertz CT molecular complexity index is 728. The van der Waals surface area contributed by atoms with Crippen molar-refractivity contribution in [2.45, 2.75) is 0 Å². The summed E-state index contributed by atoms with van der Waals surface area (Å²) in [4.78, 5) is 0. The summed E-state index contributed by atoms with van der Waals surface area (Å²) in [7, 11) is 1.63. The maximum absolute atomic E-state index is 6.03. The van der Waals surface area contributed by atoms with Gasteiger partial charge in [0.15, 0.2) is 0 Å². The molecule has 0 aliphatic carbocycles. The molecule has 2 aromatic carbocycles. The van der Waals surface area contributed by atoms with Crippen molar-refractivity contribution in [1.29, 1.82) is 0 Å². The first-order valence-electron chi connectivity index (χ1n) is 5.96. The van der Waals surface area contributed by atoms with Crippen molar-refractivity contribution in [3.05, 3.63) is 47.5 Å². The van der Waals surface area contributed by atoms with Crippen LogP contribution >= 0.6 is 11.6 Å². The van der Waals surface area contributed by atoms with Gasteiger partial charge >= 0.3 is 0 Å². The Morgan fingerprint density at radius 1 is 1.10 bits per heavy atom. The molecule has 0 saturated carbocycles. The standard InChI is InChI=1S/C14H11ClN4O/c1-20-13-8-10(14-16-18-19-17-14)5-6-12(13)9-3-2-4-11(15)7-9/h2-8H,1H3,(H,16,17,18,19). The molecule has 0 unspecified atom stereocenters. The zero-order valence-corrected chi connectivity index (χ0v) is 11.4. The molecule has 20 heavy (non-hydrogen) atoms. The number of nitrogens with zero attached hydrogens (tertiary/aromatic N) is 3. The molecular weight excluding hydrogens is 276 g/mol. The molecule has 0 radical (unpaired) electrons. The molecule has 100 valence electrons. The van der Waals surface area contributed by atoms with Crippen LogP contribution in [-0.4, -0.2) is 27.7 Å². The summed E-state index contributed by atoms with van der Waals surface area (Å²) in [6.07, 6.45) is 0. The number of tetrazole rings is 1. The summed E-state index contributed by atoms with van der Waals surface area (Å²) in [6.45, 7) is 0. The van der Waals surface area contributed by atoms with Gasteiger partial charge in [-0.25, -0.2) is 0 Å². The van der Waals surface area contributed by atoms with Crippen molar-refractivity contribution in [2.24, 2.45) is 0 Å². The van der Waals surface area contributed by atoms with Crippen LogP contribution in [0.4, 0.5) is 0 Å². The van der Waals surface area contributed by atoms with Crippen molar-refractivity contribution >= 4 is 11.6 Å². The minimum absolute atomic E-state index is 0.529. The highest BCUT2D eigenvalue weighted by Gasteiger charge is 2.10. The highest BCUT2D eigenvalue weighted by Crippen LogP contribution is 2.34. The molecule has 6 heteroatoms. The van der Waals surface area contributed by atoms with E-state index in [2.05, 4.69) is 20.6 Å². The average Bonchev–Trinajstić information content (AvgIpc) is 3.01. The molecule has 0 atom stereocenters. The Kier molecular flexibility index (Phi) is 3.35. The van der Waals surface area contributed by atoms with E-state index in [1.807, 2.05) is 42.5 Å². The van der Waals surface area contributed by atoms with Crippen LogP contribution in [0.25, 0.3) is 22.5 Å². The normalized spacial score (nSPS) is 10.5. The Labute approximate surface area is 120 Å². The van der Waals surface area contributed by atoms with Gasteiger partial charge in [0.1, 0.15) is 5.75 Å². The molecule has 0 bridgehead atoms. The van der Waals surface area contributed by atoms with Gasteiger partial charge in [-0.1, -0.05) is 29.8 Å². The zero-order chi connectivity index (χ0) is 13.9. The molecule has 0 aliphatic rings. The van der Waals surface area contributed by atoms with Crippen LogP contribution in [0.5, 0.6) is 5.75 Å². The lowest BCUT2D eigenvalue weighted by molar-refractivity contribution is 0.416. The monoisotopic (exact) mass is 286 g/mol. The molecular formula is C14H11ClN4O. The van der Waals surface area contributed by atoms with Gasteiger partial charge in [-0.15, -0.1) is 10.2 Å². The maximum Gasteiger partial charge on any atom is 0.204 e. The van der Waals surface area contributed by atoms with Crippen molar-refractivity contribution in [1.82, 2.24) is 20.6 Å². The van der Waals surface area contributed by atoms with Gasteiger partial charge in [0.2, 0.25) is 5.82 Å². The smallest absolute Gasteiger partial charge is 0.204 e. The SMILES string of the molecule is COc1cc(-c2nn[nH]n2)ccc1-c1cccc(Cl)c1. The second kappa shape index (κ2) is 5.30. The summed E-state index contributed by atoms with van der Waals surface area (Å²) in [5.41, 5.74) is 2.79. The van der Waals surface area contributed by atoms with Crippen molar-refractivity contribution in [3.63, 3.8) is 0 Å². The van der Waals surface area contributed by atoms with Gasteiger partial charge < -0.3 is 4.74 Å². The number of halogens is 1. The van der Waals surface area contributed by atoms with Crippen LogP contribution in [-0.2, 0) is 0 Å². The minimum atomic E-state index is 0.529. The van der Waals surface area contributed by atoms with Crippen molar-refractivity contribution in [3.8, 4) is 28.3 Å². The lowest BCUT2D eigenvalue weighted by atomic mass is 10.0. The molecule has 0 saturated heterocycles. The number of aromatic nitrogens is 4. The van der Waals surface area contributed by atoms with E-state index in [1.165, 1.54) is 0 Å². The van der Waals surface area contributed by atoms with Gasteiger partial charge in [0.05, 0.1) is 7.11 Å². The highest BCUT2D eigenvalue weighted by atomic mass is 35.5. The van der Waals surface area contributed by atoms with Gasteiger partial charge in [0.25, 0.3) is 0 Å². The first-order valence-corrected chi connectivity index (χ1v) is 6.33. The fourth-order valence-electron chi connectivity index (χ4n) is 2.01. The predicted molar refractivity (Wildman–Crippen MR) is 76.6 cm³/mol. The van der Waals surface area contributed by atoms with Crippen LogP contribution < -0.4 is 4.74 Å². The molecule has 0 amide bonds. The molecule has 0 aliphatic heterocycles. The third-order valence-electron chi connectivity index (χ3n) is 2.94. The molecule has 1 N–H and O–H groups in total. The lowest BCUT2D eigenvalue weighted by Crippen LogP contribution is -1.90. The van der Waals surface area contributed by atoms with Gasteiger partial charge in [0, 0.05) is 16.1 Å². The number of ether oxygens (including phenoxy) is 1. The second-order valence-electron chi connectivity index (χ2n) is 4.16. The van der Waals surface area contributed by atoms with Gasteiger partial charge in [-0.2, -0.15) is 5.21 Å². The number of rotatable bonds is 3. The molecule has 0 fully saturated rings. The van der Waals surface area contributed by atoms with Crippen LogP contribution in [0.3, 0.4) is 0 Å². The third kappa shape index (κ3) is 2.35. The zero-order valence-electron chi connectivity index (χ0n) is 10.7. The number of benzene rings is 2. The second-order valence-corrected chi connectivity index (χ2v) is 4.60.